The monoisotopic (exact) mass is 319 g/mol. The second-order valence-corrected chi connectivity index (χ2v) is 5.64. The van der Waals surface area contributed by atoms with E-state index in [2.05, 4.69) is 15.5 Å². The molecule has 2 N–H and O–H groups in total. The lowest BCUT2D eigenvalue weighted by Gasteiger charge is -2.14. The van der Waals surface area contributed by atoms with E-state index in [0.29, 0.717) is 28.3 Å². The Labute approximate surface area is 131 Å². The lowest BCUT2D eigenvalue weighted by molar-refractivity contribution is -0.140. The molecule has 122 valence electrons. The number of methoxy groups -OCH3 is 1. The maximum Gasteiger partial charge on any atom is 0.328 e. The Balaban J connectivity index is 1.98. The number of carboxylic acid groups (broad SMARTS) is 1. The Bertz CT molecular complexity index is 766. The summed E-state index contributed by atoms with van der Waals surface area (Å²) in [5.41, 5.74) is 1.95. The molecule has 1 atom stereocenters. The summed E-state index contributed by atoms with van der Waals surface area (Å²) < 4.78 is 10.0. The average molecular weight is 319 g/mol. The van der Waals surface area contributed by atoms with Gasteiger partial charge in [0.15, 0.2) is 6.04 Å². The Morgan fingerprint density at radius 3 is 2.87 bits per heavy atom. The van der Waals surface area contributed by atoms with Gasteiger partial charge in [-0.2, -0.15) is 0 Å². The van der Waals surface area contributed by atoms with Gasteiger partial charge < -0.3 is 19.7 Å². The zero-order valence-electron chi connectivity index (χ0n) is 12.8. The van der Waals surface area contributed by atoms with Crippen molar-refractivity contribution in [1.82, 2.24) is 15.5 Å². The molecular weight excluding hydrogens is 302 g/mol. The number of fused-ring (bicyclic) bond motifs is 1. The number of aliphatic carboxylic acids is 1. The van der Waals surface area contributed by atoms with Gasteiger partial charge in [0.2, 0.25) is 0 Å². The van der Waals surface area contributed by atoms with E-state index in [1.165, 1.54) is 7.11 Å². The number of hydrogen-bond acceptors (Lipinski definition) is 6. The lowest BCUT2D eigenvalue weighted by Crippen LogP contribution is -2.43. The van der Waals surface area contributed by atoms with E-state index in [9.17, 15) is 9.59 Å². The number of nitrogens with one attached hydrogen (secondary N) is 1. The molecule has 1 aliphatic carbocycles. The summed E-state index contributed by atoms with van der Waals surface area (Å²) in [5.74, 6) is -1.34. The van der Waals surface area contributed by atoms with Gasteiger partial charge in [0, 0.05) is 18.7 Å². The summed E-state index contributed by atoms with van der Waals surface area (Å²) in [6, 6.07) is 0.575. The van der Waals surface area contributed by atoms with E-state index >= 15 is 0 Å². The predicted molar refractivity (Wildman–Crippen MR) is 79.3 cm³/mol. The number of carboxylic acids is 1. The minimum absolute atomic E-state index is 0.118. The van der Waals surface area contributed by atoms with Crippen molar-refractivity contribution in [1.29, 1.82) is 0 Å². The minimum atomic E-state index is -1.16. The molecule has 0 aliphatic heterocycles. The molecule has 8 heteroatoms. The first-order chi connectivity index (χ1) is 11.0. The number of amides is 1. The van der Waals surface area contributed by atoms with Crippen LogP contribution in [0.1, 0.15) is 40.5 Å². The highest BCUT2D eigenvalue weighted by Crippen LogP contribution is 2.40. The van der Waals surface area contributed by atoms with Crippen LogP contribution in [-0.2, 0) is 9.53 Å². The third-order valence-corrected chi connectivity index (χ3v) is 3.81. The number of aromatic nitrogens is 2. The average Bonchev–Trinajstić information content (AvgIpc) is 3.30. The van der Waals surface area contributed by atoms with Crippen LogP contribution in [0.2, 0.25) is 0 Å². The first kappa shape index (κ1) is 15.4. The molecule has 1 unspecified atom stereocenters. The fourth-order valence-electron chi connectivity index (χ4n) is 2.46. The van der Waals surface area contributed by atoms with Gasteiger partial charge in [-0.1, -0.05) is 5.16 Å². The van der Waals surface area contributed by atoms with E-state index in [4.69, 9.17) is 14.4 Å². The molecule has 1 amide bonds. The first-order valence-corrected chi connectivity index (χ1v) is 7.30. The van der Waals surface area contributed by atoms with Crippen LogP contribution >= 0.6 is 0 Å². The molecule has 0 saturated heterocycles. The summed E-state index contributed by atoms with van der Waals surface area (Å²) in [6.07, 6.45) is 2.04. The highest BCUT2D eigenvalue weighted by atomic mass is 16.5. The van der Waals surface area contributed by atoms with E-state index < -0.39 is 17.9 Å². The lowest BCUT2D eigenvalue weighted by atomic mass is 10.1. The zero-order valence-corrected chi connectivity index (χ0v) is 12.8. The Morgan fingerprint density at radius 1 is 1.52 bits per heavy atom. The number of nitrogens with zero attached hydrogens (tertiary/aromatic N) is 2. The smallest absolute Gasteiger partial charge is 0.328 e. The zero-order chi connectivity index (χ0) is 16.6. The number of pyridine rings is 1. The first-order valence-electron chi connectivity index (χ1n) is 7.30. The highest BCUT2D eigenvalue weighted by Gasteiger charge is 2.29. The number of rotatable bonds is 6. The van der Waals surface area contributed by atoms with Crippen molar-refractivity contribution >= 4 is 23.0 Å². The topological polar surface area (TPSA) is 115 Å². The van der Waals surface area contributed by atoms with Crippen molar-refractivity contribution in [2.24, 2.45) is 0 Å². The van der Waals surface area contributed by atoms with Gasteiger partial charge in [0.1, 0.15) is 0 Å². The van der Waals surface area contributed by atoms with Crippen molar-refractivity contribution < 1.29 is 24.0 Å². The second kappa shape index (κ2) is 5.96. The molecule has 1 aliphatic rings. The molecule has 8 nitrogen and oxygen atoms in total. The minimum Gasteiger partial charge on any atom is -0.480 e. The van der Waals surface area contributed by atoms with Crippen molar-refractivity contribution in [2.45, 2.75) is 31.7 Å². The number of carbonyl (C=O) groups is 2. The molecule has 1 saturated carbocycles. The molecule has 0 radical (unpaired) electrons. The molecular formula is C15H17N3O5. The van der Waals surface area contributed by atoms with Gasteiger partial charge in [0.05, 0.1) is 23.3 Å². The van der Waals surface area contributed by atoms with Crippen LogP contribution in [0.4, 0.5) is 0 Å². The van der Waals surface area contributed by atoms with Gasteiger partial charge in [-0.05, 0) is 25.8 Å². The molecule has 2 aromatic rings. The highest BCUT2D eigenvalue weighted by molar-refractivity contribution is 6.07. The van der Waals surface area contributed by atoms with Crippen LogP contribution in [0, 0.1) is 6.92 Å². The molecule has 0 bridgehead atoms. The predicted octanol–water partition coefficient (Wildman–Crippen LogP) is 1.24. The Morgan fingerprint density at radius 2 is 2.26 bits per heavy atom. The molecule has 2 aromatic heterocycles. The summed E-state index contributed by atoms with van der Waals surface area (Å²) in [5, 5.41) is 16.0. The maximum absolute atomic E-state index is 12.6. The van der Waals surface area contributed by atoms with Crippen LogP contribution in [0.3, 0.4) is 0 Å². The van der Waals surface area contributed by atoms with Crippen molar-refractivity contribution in [2.75, 3.05) is 13.7 Å². The van der Waals surface area contributed by atoms with Crippen molar-refractivity contribution in [3.8, 4) is 0 Å². The van der Waals surface area contributed by atoms with E-state index in [1.807, 2.05) is 0 Å². The molecule has 1 fully saturated rings. The van der Waals surface area contributed by atoms with E-state index in [-0.39, 0.29) is 6.61 Å². The standard InChI is InChI=1S/C15H17N3O5/c1-7-12-9(13(19)16-11(6-22-2)15(20)21)5-10(8-3-4-8)17-14(12)23-18-7/h5,8,11H,3-4,6H2,1-2H3,(H,16,19)(H,20,21). The molecule has 0 spiro atoms. The SMILES string of the molecule is COCC(NC(=O)c1cc(C2CC2)nc2onc(C)c12)C(=O)O. The largest absolute Gasteiger partial charge is 0.480 e. The Hall–Kier alpha value is -2.48. The molecule has 0 aromatic carbocycles. The third kappa shape index (κ3) is 3.02. The summed E-state index contributed by atoms with van der Waals surface area (Å²) >= 11 is 0. The molecule has 23 heavy (non-hydrogen) atoms. The van der Waals surface area contributed by atoms with Crippen LogP contribution in [0.5, 0.6) is 0 Å². The van der Waals surface area contributed by atoms with Crippen LogP contribution in [0.25, 0.3) is 11.1 Å². The van der Waals surface area contributed by atoms with E-state index in [1.54, 1.807) is 13.0 Å². The van der Waals surface area contributed by atoms with Crippen LogP contribution in [-0.4, -0.2) is 46.9 Å². The molecule has 2 heterocycles. The van der Waals surface area contributed by atoms with Crippen LogP contribution < -0.4 is 5.32 Å². The van der Waals surface area contributed by atoms with Gasteiger partial charge in [-0.3, -0.25) is 4.79 Å². The fourth-order valence-corrected chi connectivity index (χ4v) is 2.46. The van der Waals surface area contributed by atoms with Crippen molar-refractivity contribution in [3.05, 3.63) is 23.0 Å². The third-order valence-electron chi connectivity index (χ3n) is 3.81. The van der Waals surface area contributed by atoms with Gasteiger partial charge in [-0.25, -0.2) is 9.78 Å². The molecule has 3 rings (SSSR count). The normalized spacial score (nSPS) is 15.6. The summed E-state index contributed by atoms with van der Waals surface area (Å²) in [4.78, 5) is 28.2. The summed E-state index contributed by atoms with van der Waals surface area (Å²) in [7, 11) is 1.38. The van der Waals surface area contributed by atoms with E-state index in [0.717, 1.165) is 18.5 Å². The Kier molecular flexibility index (Phi) is 3.99. The van der Waals surface area contributed by atoms with Gasteiger partial charge in [-0.15, -0.1) is 0 Å². The number of aryl methyl sites for hydroxylation is 1. The van der Waals surface area contributed by atoms with Crippen LogP contribution in [0.15, 0.2) is 10.6 Å². The van der Waals surface area contributed by atoms with Gasteiger partial charge in [0.25, 0.3) is 11.6 Å². The number of carbonyl (C=O) groups excluding carboxylic acids is 1. The van der Waals surface area contributed by atoms with Gasteiger partial charge >= 0.3 is 5.97 Å². The fraction of sp³-hybridized carbons (Fsp3) is 0.467. The summed E-state index contributed by atoms with van der Waals surface area (Å²) in [6.45, 7) is 1.60. The quantitative estimate of drug-likeness (QED) is 0.823. The number of ether oxygens (including phenoxy) is 1. The van der Waals surface area contributed by atoms with Crippen molar-refractivity contribution in [3.63, 3.8) is 0 Å². The second-order valence-electron chi connectivity index (χ2n) is 5.64. The maximum atomic E-state index is 12.6. The number of hydrogen-bond donors (Lipinski definition) is 2.